The van der Waals surface area contributed by atoms with Gasteiger partial charge in [0.05, 0.1) is 0 Å². The second-order valence-electron chi connectivity index (χ2n) is 5.97. The van der Waals surface area contributed by atoms with E-state index in [0.29, 0.717) is 6.61 Å². The molecule has 0 fully saturated rings. The molecule has 2 aromatic carbocycles. The lowest BCUT2D eigenvalue weighted by Gasteiger charge is -2.26. The fourth-order valence-electron chi connectivity index (χ4n) is 3.00. The van der Waals surface area contributed by atoms with Crippen LogP contribution in [0.15, 0.2) is 67.0 Å². The Morgan fingerprint density at radius 1 is 1.00 bits per heavy atom. The molecule has 0 N–H and O–H groups in total. The summed E-state index contributed by atoms with van der Waals surface area (Å²) in [5.41, 5.74) is 1.34. The van der Waals surface area contributed by atoms with E-state index in [9.17, 15) is 0 Å². The number of para-hydroxylation sites is 2. The van der Waals surface area contributed by atoms with Gasteiger partial charge in [0.2, 0.25) is 0 Å². The number of aromatic nitrogens is 2. The summed E-state index contributed by atoms with van der Waals surface area (Å²) in [5, 5.41) is 0. The highest BCUT2D eigenvalue weighted by atomic mass is 16.6. The van der Waals surface area contributed by atoms with Crippen molar-refractivity contribution in [2.45, 2.75) is 25.5 Å². The average Bonchev–Trinajstić information content (AvgIpc) is 3.08. The summed E-state index contributed by atoms with van der Waals surface area (Å²) in [6, 6.07) is 18.3. The molecule has 122 valence electrons. The normalized spacial score (nSPS) is 16.1. The summed E-state index contributed by atoms with van der Waals surface area (Å²) in [6.07, 6.45) is 5.64. The Morgan fingerprint density at radius 2 is 1.79 bits per heavy atom. The summed E-state index contributed by atoms with van der Waals surface area (Å²) in [4.78, 5) is 4.51. The van der Waals surface area contributed by atoms with E-state index in [1.54, 1.807) is 0 Å². The molecular formula is C20H20N2O2. The SMILES string of the molecule is c1ccc(CCn2ccnc2CC2COc3ccccc3O2)cc1. The van der Waals surface area contributed by atoms with E-state index in [-0.39, 0.29) is 6.10 Å². The Kier molecular flexibility index (Phi) is 4.19. The molecule has 4 heteroatoms. The summed E-state index contributed by atoms with van der Waals surface area (Å²) in [5.74, 6) is 2.68. The first kappa shape index (κ1) is 14.8. The van der Waals surface area contributed by atoms with Gasteiger partial charge in [0, 0.05) is 25.4 Å². The predicted octanol–water partition coefficient (Wildman–Crippen LogP) is 3.51. The van der Waals surface area contributed by atoms with Crippen LogP contribution in [0.25, 0.3) is 0 Å². The molecule has 0 amide bonds. The fraction of sp³-hybridized carbons (Fsp3) is 0.250. The molecule has 1 unspecified atom stereocenters. The van der Waals surface area contributed by atoms with Crippen LogP contribution in [0, 0.1) is 0 Å². The van der Waals surface area contributed by atoms with Gasteiger partial charge < -0.3 is 14.0 Å². The molecule has 4 rings (SSSR count). The molecule has 0 spiro atoms. The Morgan fingerprint density at radius 3 is 2.67 bits per heavy atom. The minimum atomic E-state index is -0.00206. The predicted molar refractivity (Wildman–Crippen MR) is 92.4 cm³/mol. The Hall–Kier alpha value is -2.75. The second-order valence-corrected chi connectivity index (χ2v) is 5.97. The van der Waals surface area contributed by atoms with Crippen LogP contribution in [-0.4, -0.2) is 22.3 Å². The standard InChI is InChI=1S/C20H20N2O2/c1-2-6-16(7-3-1)10-12-22-13-11-21-20(22)14-17-15-23-18-8-4-5-9-19(18)24-17/h1-9,11,13,17H,10,12,14-15H2. The quantitative estimate of drug-likeness (QED) is 0.722. The van der Waals surface area contributed by atoms with Crippen molar-refractivity contribution in [2.24, 2.45) is 0 Å². The van der Waals surface area contributed by atoms with Crippen molar-refractivity contribution in [3.05, 3.63) is 78.4 Å². The molecule has 0 aliphatic carbocycles. The lowest BCUT2D eigenvalue weighted by Crippen LogP contribution is -2.32. The molecule has 1 atom stereocenters. The molecule has 0 saturated carbocycles. The van der Waals surface area contributed by atoms with Crippen molar-refractivity contribution in [2.75, 3.05) is 6.61 Å². The monoisotopic (exact) mass is 320 g/mol. The van der Waals surface area contributed by atoms with Crippen LogP contribution in [0.3, 0.4) is 0 Å². The van der Waals surface area contributed by atoms with E-state index in [1.807, 2.05) is 42.7 Å². The van der Waals surface area contributed by atoms with Crippen LogP contribution in [0.5, 0.6) is 11.5 Å². The van der Waals surface area contributed by atoms with Crippen molar-refractivity contribution in [1.29, 1.82) is 0 Å². The molecule has 0 radical (unpaired) electrons. The van der Waals surface area contributed by atoms with Crippen LogP contribution < -0.4 is 9.47 Å². The number of nitrogens with zero attached hydrogens (tertiary/aromatic N) is 2. The lowest BCUT2D eigenvalue weighted by atomic mass is 10.1. The minimum Gasteiger partial charge on any atom is -0.486 e. The van der Waals surface area contributed by atoms with Crippen LogP contribution in [0.1, 0.15) is 11.4 Å². The van der Waals surface area contributed by atoms with Crippen molar-refractivity contribution in [1.82, 2.24) is 9.55 Å². The highest BCUT2D eigenvalue weighted by Crippen LogP contribution is 2.31. The third-order valence-corrected chi connectivity index (χ3v) is 4.26. The molecule has 1 aromatic heterocycles. The lowest BCUT2D eigenvalue weighted by molar-refractivity contribution is 0.0892. The number of aryl methyl sites for hydroxylation is 2. The average molecular weight is 320 g/mol. The highest BCUT2D eigenvalue weighted by molar-refractivity contribution is 5.40. The van der Waals surface area contributed by atoms with Crippen LogP contribution in [0.2, 0.25) is 0 Å². The summed E-state index contributed by atoms with van der Waals surface area (Å²) in [7, 11) is 0. The molecule has 1 aliphatic heterocycles. The number of rotatable bonds is 5. The zero-order valence-electron chi connectivity index (χ0n) is 13.5. The van der Waals surface area contributed by atoms with E-state index < -0.39 is 0 Å². The topological polar surface area (TPSA) is 36.3 Å². The molecule has 3 aromatic rings. The van der Waals surface area contributed by atoms with E-state index >= 15 is 0 Å². The van der Waals surface area contributed by atoms with Gasteiger partial charge in [-0.05, 0) is 24.1 Å². The number of ether oxygens (including phenoxy) is 2. The summed E-state index contributed by atoms with van der Waals surface area (Å²) >= 11 is 0. The molecule has 0 saturated heterocycles. The van der Waals surface area contributed by atoms with Gasteiger partial charge in [-0.1, -0.05) is 42.5 Å². The first-order chi connectivity index (χ1) is 11.9. The number of benzene rings is 2. The largest absolute Gasteiger partial charge is 0.486 e. The molecule has 24 heavy (non-hydrogen) atoms. The highest BCUT2D eigenvalue weighted by Gasteiger charge is 2.22. The van der Waals surface area contributed by atoms with Crippen molar-refractivity contribution in [3.63, 3.8) is 0 Å². The molecule has 0 bridgehead atoms. The zero-order valence-corrected chi connectivity index (χ0v) is 13.5. The van der Waals surface area contributed by atoms with Crippen LogP contribution in [0.4, 0.5) is 0 Å². The number of fused-ring (bicyclic) bond motifs is 1. The maximum atomic E-state index is 6.04. The maximum Gasteiger partial charge on any atom is 0.161 e. The van der Waals surface area contributed by atoms with Gasteiger partial charge in [0.25, 0.3) is 0 Å². The Balaban J connectivity index is 1.40. The Labute approximate surface area is 141 Å². The van der Waals surface area contributed by atoms with E-state index in [0.717, 1.165) is 36.7 Å². The van der Waals surface area contributed by atoms with Crippen molar-refractivity contribution in [3.8, 4) is 11.5 Å². The molecule has 4 nitrogen and oxygen atoms in total. The maximum absolute atomic E-state index is 6.04. The van der Waals surface area contributed by atoms with Gasteiger partial charge in [0.1, 0.15) is 18.5 Å². The van der Waals surface area contributed by atoms with Gasteiger partial charge in [-0.2, -0.15) is 0 Å². The third-order valence-electron chi connectivity index (χ3n) is 4.26. The van der Waals surface area contributed by atoms with Gasteiger partial charge >= 0.3 is 0 Å². The first-order valence-corrected chi connectivity index (χ1v) is 8.31. The van der Waals surface area contributed by atoms with E-state index in [4.69, 9.17) is 9.47 Å². The molecule has 2 heterocycles. The summed E-state index contributed by atoms with van der Waals surface area (Å²) in [6.45, 7) is 1.48. The molecule has 1 aliphatic rings. The van der Waals surface area contributed by atoms with Crippen molar-refractivity contribution >= 4 is 0 Å². The number of imidazole rings is 1. The van der Waals surface area contributed by atoms with Gasteiger partial charge in [-0.15, -0.1) is 0 Å². The fourth-order valence-corrected chi connectivity index (χ4v) is 3.00. The minimum absolute atomic E-state index is 0.00206. The van der Waals surface area contributed by atoms with Gasteiger partial charge in [-0.25, -0.2) is 4.98 Å². The summed E-state index contributed by atoms with van der Waals surface area (Å²) < 4.78 is 14.0. The zero-order chi connectivity index (χ0) is 16.2. The second kappa shape index (κ2) is 6.79. The van der Waals surface area contributed by atoms with Crippen molar-refractivity contribution < 1.29 is 9.47 Å². The van der Waals surface area contributed by atoms with Crippen LogP contribution >= 0.6 is 0 Å². The van der Waals surface area contributed by atoms with Gasteiger partial charge in [-0.3, -0.25) is 0 Å². The van der Waals surface area contributed by atoms with E-state index in [2.05, 4.69) is 33.8 Å². The smallest absolute Gasteiger partial charge is 0.161 e. The van der Waals surface area contributed by atoms with Crippen LogP contribution in [-0.2, 0) is 19.4 Å². The third kappa shape index (κ3) is 3.27. The van der Waals surface area contributed by atoms with Gasteiger partial charge in [0.15, 0.2) is 11.5 Å². The number of hydrogen-bond donors (Lipinski definition) is 0. The number of hydrogen-bond acceptors (Lipinski definition) is 3. The molecular weight excluding hydrogens is 300 g/mol. The Bertz CT molecular complexity index is 798. The first-order valence-electron chi connectivity index (χ1n) is 8.31. The van der Waals surface area contributed by atoms with E-state index in [1.165, 1.54) is 5.56 Å².